The van der Waals surface area contributed by atoms with Crippen molar-refractivity contribution in [1.82, 2.24) is 15.5 Å². The highest BCUT2D eigenvalue weighted by molar-refractivity contribution is 5.94. The van der Waals surface area contributed by atoms with Crippen LogP contribution in [0.3, 0.4) is 0 Å². The second kappa shape index (κ2) is 6.87. The molecule has 1 aromatic carbocycles. The molecule has 2 bridgehead atoms. The molecule has 0 aliphatic heterocycles. The maximum Gasteiger partial charge on any atom is 0.271 e. The van der Waals surface area contributed by atoms with E-state index in [0.717, 1.165) is 5.92 Å². The lowest BCUT2D eigenvalue weighted by molar-refractivity contribution is 0.0938. The molecule has 1 heterocycles. The van der Waals surface area contributed by atoms with Crippen molar-refractivity contribution in [2.24, 2.45) is 23.2 Å². The van der Waals surface area contributed by atoms with E-state index in [2.05, 4.69) is 27.7 Å². The van der Waals surface area contributed by atoms with E-state index >= 15 is 0 Å². The topological polar surface area (TPSA) is 84.1 Å². The molecule has 2 N–H and O–H groups in total. The van der Waals surface area contributed by atoms with Gasteiger partial charge in [0.25, 0.3) is 5.91 Å². The first-order chi connectivity index (χ1) is 14.0. The van der Waals surface area contributed by atoms with Gasteiger partial charge >= 0.3 is 0 Å². The highest BCUT2D eigenvalue weighted by atomic mass is 16.5. The molecule has 3 atom stereocenters. The second-order valence-electron chi connectivity index (χ2n) is 8.61. The Kier molecular flexibility index (Phi) is 4.30. The number of rotatable bonds is 7. The van der Waals surface area contributed by atoms with Gasteiger partial charge in [-0.25, -0.2) is 0 Å². The van der Waals surface area contributed by atoms with Crippen molar-refractivity contribution in [3.63, 3.8) is 0 Å². The molecule has 6 heteroatoms. The van der Waals surface area contributed by atoms with Gasteiger partial charge in [0, 0.05) is 12.1 Å². The van der Waals surface area contributed by atoms with Gasteiger partial charge in [0.2, 0.25) is 0 Å². The molecule has 2 saturated carbocycles. The molecule has 0 unspecified atom stereocenters. The molecule has 3 aliphatic carbocycles. The third-order valence-corrected chi connectivity index (χ3v) is 6.87. The lowest BCUT2D eigenvalue weighted by Crippen LogP contribution is -2.31. The quantitative estimate of drug-likeness (QED) is 0.559. The maximum absolute atomic E-state index is 12.5. The number of nitrogens with one attached hydrogen (secondary N) is 2. The predicted molar refractivity (Wildman–Crippen MR) is 108 cm³/mol. The fraction of sp³-hybridized carbons (Fsp3) is 0.435. The summed E-state index contributed by atoms with van der Waals surface area (Å²) in [6.45, 7) is 2.49. The van der Waals surface area contributed by atoms with Gasteiger partial charge in [0.1, 0.15) is 18.1 Å². The molecule has 0 radical (unpaired) electrons. The molecule has 2 aromatic rings. The molecular formula is C23H25N3O3. The van der Waals surface area contributed by atoms with Gasteiger partial charge in [-0.15, -0.1) is 0 Å². The summed E-state index contributed by atoms with van der Waals surface area (Å²) < 4.78 is 5.72. The van der Waals surface area contributed by atoms with Crippen LogP contribution in [0.1, 0.15) is 52.7 Å². The van der Waals surface area contributed by atoms with E-state index in [9.17, 15) is 9.59 Å². The Balaban J connectivity index is 1.14. The average molecular weight is 391 g/mol. The molecule has 2 fully saturated rings. The Bertz CT molecular complexity index is 989. The Morgan fingerprint density at radius 2 is 2.14 bits per heavy atom. The number of Topliss-reactive ketones (excluding diaryl/α,β-unsaturated/α-hetero) is 1. The normalized spacial score (nSPS) is 25.3. The number of ketones is 1. The van der Waals surface area contributed by atoms with Crippen LogP contribution in [0, 0.1) is 23.2 Å². The fourth-order valence-corrected chi connectivity index (χ4v) is 5.19. The van der Waals surface area contributed by atoms with Crippen LogP contribution >= 0.6 is 0 Å². The Morgan fingerprint density at radius 1 is 1.28 bits per heavy atom. The molecule has 150 valence electrons. The van der Waals surface area contributed by atoms with Crippen molar-refractivity contribution in [2.75, 3.05) is 6.54 Å². The molecule has 1 amide bonds. The van der Waals surface area contributed by atoms with Crippen molar-refractivity contribution < 1.29 is 14.3 Å². The summed E-state index contributed by atoms with van der Waals surface area (Å²) in [6.07, 6.45) is 8.65. The van der Waals surface area contributed by atoms with Crippen LogP contribution < -0.4 is 10.1 Å². The first kappa shape index (κ1) is 18.2. The zero-order valence-electron chi connectivity index (χ0n) is 16.5. The van der Waals surface area contributed by atoms with Gasteiger partial charge in [0.05, 0.1) is 5.69 Å². The number of aromatic nitrogens is 2. The number of benzene rings is 1. The minimum Gasteiger partial charge on any atom is -0.487 e. The third kappa shape index (κ3) is 3.26. The van der Waals surface area contributed by atoms with Gasteiger partial charge < -0.3 is 10.1 Å². The third-order valence-electron chi connectivity index (χ3n) is 6.87. The van der Waals surface area contributed by atoms with E-state index in [0.29, 0.717) is 46.5 Å². The Labute approximate surface area is 169 Å². The first-order valence-corrected chi connectivity index (χ1v) is 10.3. The monoisotopic (exact) mass is 391 g/mol. The molecule has 5 rings (SSSR count). The molecule has 3 aliphatic rings. The number of carbonyl (C=O) groups excluding carboxylic acids is 2. The van der Waals surface area contributed by atoms with Gasteiger partial charge in [-0.05, 0) is 67.6 Å². The number of nitrogens with zero attached hydrogens (tertiary/aromatic N) is 1. The van der Waals surface area contributed by atoms with Gasteiger partial charge in [0.15, 0.2) is 5.78 Å². The van der Waals surface area contributed by atoms with Gasteiger partial charge in [-0.2, -0.15) is 5.10 Å². The number of hydrogen-bond acceptors (Lipinski definition) is 4. The standard InChI is InChI=1S/C23H25N3O3/c1-14(27)15-3-2-4-19(10-15)29-13-18-11-21(26-25-18)22(28)24-12-16-9-17-5-6-20(16)23(17)7-8-23/h2-6,10-11,16-17,20H,7-9,12-13H2,1H3,(H,24,28)(H,25,26)/t16-,17-,20-/m1/s1. The summed E-state index contributed by atoms with van der Waals surface area (Å²) in [7, 11) is 0. The SMILES string of the molecule is CC(=O)c1cccc(OCc2cc(C(=O)NC[C@H]3C[C@H]4C=C[C@H]3C43CC3)n[nH]2)c1. The average Bonchev–Trinajstić information content (AvgIpc) is 3.14. The van der Waals surface area contributed by atoms with Crippen molar-refractivity contribution in [1.29, 1.82) is 0 Å². The fourth-order valence-electron chi connectivity index (χ4n) is 5.19. The van der Waals surface area contributed by atoms with Crippen molar-refractivity contribution in [3.05, 3.63) is 59.4 Å². The smallest absolute Gasteiger partial charge is 0.271 e. The summed E-state index contributed by atoms with van der Waals surface area (Å²) in [4.78, 5) is 24.0. The summed E-state index contributed by atoms with van der Waals surface area (Å²) in [6, 6.07) is 8.77. The van der Waals surface area contributed by atoms with Crippen LogP contribution in [0.5, 0.6) is 5.75 Å². The number of hydrogen-bond donors (Lipinski definition) is 2. The van der Waals surface area contributed by atoms with E-state index in [-0.39, 0.29) is 18.3 Å². The Hall–Kier alpha value is -2.89. The zero-order chi connectivity index (χ0) is 20.0. The predicted octanol–water partition coefficient (Wildman–Crippen LogP) is 3.52. The van der Waals surface area contributed by atoms with Gasteiger partial charge in [-0.3, -0.25) is 14.7 Å². The first-order valence-electron chi connectivity index (χ1n) is 10.3. The lowest BCUT2D eigenvalue weighted by Gasteiger charge is -2.19. The highest BCUT2D eigenvalue weighted by Crippen LogP contribution is 2.69. The van der Waals surface area contributed by atoms with Crippen LogP contribution in [-0.4, -0.2) is 28.4 Å². The zero-order valence-corrected chi connectivity index (χ0v) is 16.5. The lowest BCUT2D eigenvalue weighted by atomic mass is 9.89. The summed E-state index contributed by atoms with van der Waals surface area (Å²) in [5.41, 5.74) is 2.24. The van der Waals surface area contributed by atoms with Crippen LogP contribution in [0.2, 0.25) is 0 Å². The molecule has 1 spiro atoms. The largest absolute Gasteiger partial charge is 0.487 e. The van der Waals surface area contributed by atoms with E-state index in [1.807, 2.05) is 0 Å². The molecule has 0 saturated heterocycles. The van der Waals surface area contributed by atoms with Crippen LogP contribution in [0.15, 0.2) is 42.5 Å². The van der Waals surface area contributed by atoms with Crippen molar-refractivity contribution in [2.45, 2.75) is 32.8 Å². The number of H-pyrrole nitrogens is 1. The molecule has 29 heavy (non-hydrogen) atoms. The number of allylic oxidation sites excluding steroid dienone is 2. The number of aromatic amines is 1. The van der Waals surface area contributed by atoms with Gasteiger partial charge in [-0.1, -0.05) is 24.3 Å². The maximum atomic E-state index is 12.5. The van der Waals surface area contributed by atoms with Crippen molar-refractivity contribution >= 4 is 11.7 Å². The number of amides is 1. The van der Waals surface area contributed by atoms with Crippen molar-refractivity contribution in [3.8, 4) is 5.75 Å². The number of carbonyl (C=O) groups is 2. The minimum absolute atomic E-state index is 0.00507. The van der Waals surface area contributed by atoms with Crippen LogP contribution in [0.25, 0.3) is 0 Å². The molecule has 6 nitrogen and oxygen atoms in total. The van der Waals surface area contributed by atoms with E-state index in [1.54, 1.807) is 30.3 Å². The summed E-state index contributed by atoms with van der Waals surface area (Å²) in [5, 5.41) is 10.0. The minimum atomic E-state index is -0.150. The van der Waals surface area contributed by atoms with E-state index < -0.39 is 0 Å². The Morgan fingerprint density at radius 3 is 2.90 bits per heavy atom. The van der Waals surface area contributed by atoms with E-state index in [1.165, 1.54) is 26.2 Å². The van der Waals surface area contributed by atoms with E-state index in [4.69, 9.17) is 4.74 Å². The number of ether oxygens (including phenoxy) is 1. The second-order valence-corrected chi connectivity index (χ2v) is 8.61. The van der Waals surface area contributed by atoms with Crippen LogP contribution in [-0.2, 0) is 6.61 Å². The highest BCUT2D eigenvalue weighted by Gasteiger charge is 2.62. The molecule has 1 aromatic heterocycles. The van der Waals surface area contributed by atoms with Crippen LogP contribution in [0.4, 0.5) is 0 Å². The molecular weight excluding hydrogens is 366 g/mol. The summed E-state index contributed by atoms with van der Waals surface area (Å²) in [5.74, 6) is 2.37. The summed E-state index contributed by atoms with van der Waals surface area (Å²) >= 11 is 0.